The molecular weight excluding hydrogens is 435 g/mol. The van der Waals surface area contributed by atoms with Crippen molar-refractivity contribution in [2.45, 2.75) is 37.8 Å². The zero-order valence-electron chi connectivity index (χ0n) is 19.1. The molecule has 8 heteroatoms. The first-order valence-corrected chi connectivity index (χ1v) is 11.9. The lowest BCUT2D eigenvalue weighted by atomic mass is 10.0. The van der Waals surface area contributed by atoms with Gasteiger partial charge in [-0.05, 0) is 42.7 Å². The molecule has 3 aromatic rings. The number of morpholine rings is 1. The number of carbonyl (C=O) groups is 1. The number of ether oxygens (including phenoxy) is 1. The van der Waals surface area contributed by atoms with E-state index >= 15 is 0 Å². The summed E-state index contributed by atoms with van der Waals surface area (Å²) in [5.41, 5.74) is 1.47. The molecule has 34 heavy (non-hydrogen) atoms. The standard InChI is InChI=1S/C26H29FN4O3/c27-19-5-3-4-18(16-19)23(30-12-14-34-15-13-30)17-28-25(32)11-10-24-29-22-7-2-1-6-21(22)26(33)31(24)20-8-9-20/h1-7,16,20,23H,8-15,17H2,(H,28,32). The first kappa shape index (κ1) is 22.7. The first-order valence-electron chi connectivity index (χ1n) is 11.9. The second-order valence-electron chi connectivity index (χ2n) is 8.97. The third kappa shape index (κ3) is 5.03. The van der Waals surface area contributed by atoms with Gasteiger partial charge in [-0.2, -0.15) is 0 Å². The van der Waals surface area contributed by atoms with Crippen molar-refractivity contribution in [3.8, 4) is 0 Å². The van der Waals surface area contributed by atoms with Gasteiger partial charge in [0.05, 0.1) is 30.2 Å². The van der Waals surface area contributed by atoms with Gasteiger partial charge >= 0.3 is 0 Å². The summed E-state index contributed by atoms with van der Waals surface area (Å²) < 4.78 is 21.1. The number of hydrogen-bond acceptors (Lipinski definition) is 5. The van der Waals surface area contributed by atoms with Crippen LogP contribution in [0.3, 0.4) is 0 Å². The molecule has 1 aliphatic carbocycles. The van der Waals surface area contributed by atoms with Crippen molar-refractivity contribution in [1.29, 1.82) is 0 Å². The molecule has 2 aromatic carbocycles. The molecular formula is C26H29FN4O3. The Hall–Kier alpha value is -3.10. The van der Waals surface area contributed by atoms with Crippen LogP contribution < -0.4 is 10.9 Å². The highest BCUT2D eigenvalue weighted by Crippen LogP contribution is 2.35. The minimum atomic E-state index is -0.289. The number of carbonyl (C=O) groups excluding carboxylic acids is 1. The molecule has 1 saturated carbocycles. The predicted molar refractivity (Wildman–Crippen MR) is 127 cm³/mol. The SMILES string of the molecule is O=C(CCc1nc2ccccc2c(=O)n1C1CC1)NCC(c1cccc(F)c1)N1CCOCC1. The molecule has 1 atom stereocenters. The van der Waals surface area contributed by atoms with Crippen LogP contribution in [0.4, 0.5) is 4.39 Å². The zero-order chi connectivity index (χ0) is 23.5. The monoisotopic (exact) mass is 464 g/mol. The number of rotatable bonds is 8. The van der Waals surface area contributed by atoms with Crippen molar-refractivity contribution in [1.82, 2.24) is 19.8 Å². The summed E-state index contributed by atoms with van der Waals surface area (Å²) in [6.45, 7) is 3.07. The lowest BCUT2D eigenvalue weighted by molar-refractivity contribution is -0.121. The number of nitrogens with zero attached hydrogens (tertiary/aromatic N) is 3. The number of para-hydroxylation sites is 1. The van der Waals surface area contributed by atoms with E-state index in [9.17, 15) is 14.0 Å². The van der Waals surface area contributed by atoms with Crippen molar-refractivity contribution in [3.63, 3.8) is 0 Å². The van der Waals surface area contributed by atoms with Gasteiger partial charge in [0.25, 0.3) is 5.56 Å². The molecule has 1 aromatic heterocycles. The van der Waals surface area contributed by atoms with Crippen molar-refractivity contribution in [3.05, 3.63) is 76.1 Å². The number of hydrogen-bond donors (Lipinski definition) is 1. The maximum Gasteiger partial charge on any atom is 0.261 e. The van der Waals surface area contributed by atoms with E-state index in [0.29, 0.717) is 42.9 Å². The van der Waals surface area contributed by atoms with Gasteiger partial charge in [-0.1, -0.05) is 24.3 Å². The van der Waals surface area contributed by atoms with Crippen LogP contribution in [-0.4, -0.2) is 53.2 Å². The van der Waals surface area contributed by atoms with Gasteiger partial charge in [-0.15, -0.1) is 0 Å². The summed E-state index contributed by atoms with van der Waals surface area (Å²) in [6.07, 6.45) is 2.56. The fourth-order valence-corrected chi connectivity index (χ4v) is 4.66. The Labute approximate surface area is 197 Å². The Morgan fingerprint density at radius 1 is 1.15 bits per heavy atom. The minimum Gasteiger partial charge on any atom is -0.379 e. The normalized spacial score (nSPS) is 17.6. The highest BCUT2D eigenvalue weighted by Gasteiger charge is 2.28. The van der Waals surface area contributed by atoms with E-state index in [4.69, 9.17) is 9.72 Å². The summed E-state index contributed by atoms with van der Waals surface area (Å²) in [4.78, 5) is 32.8. The number of aryl methyl sites for hydroxylation is 1. The van der Waals surface area contributed by atoms with Gasteiger partial charge in [0.1, 0.15) is 11.6 Å². The molecule has 1 N–H and O–H groups in total. The maximum atomic E-state index is 13.9. The van der Waals surface area contributed by atoms with E-state index in [1.165, 1.54) is 12.1 Å². The zero-order valence-corrected chi connectivity index (χ0v) is 19.1. The molecule has 2 fully saturated rings. The van der Waals surface area contributed by atoms with Crippen LogP contribution in [0.25, 0.3) is 10.9 Å². The molecule has 5 rings (SSSR count). The summed E-state index contributed by atoms with van der Waals surface area (Å²) in [7, 11) is 0. The molecule has 2 aliphatic rings. The van der Waals surface area contributed by atoms with Crippen molar-refractivity contribution in [2.24, 2.45) is 0 Å². The summed E-state index contributed by atoms with van der Waals surface area (Å²) >= 11 is 0. The highest BCUT2D eigenvalue weighted by atomic mass is 19.1. The van der Waals surface area contributed by atoms with Crippen LogP contribution in [0.1, 0.15) is 42.7 Å². The molecule has 2 heterocycles. The van der Waals surface area contributed by atoms with Gasteiger partial charge in [0, 0.05) is 38.5 Å². The van der Waals surface area contributed by atoms with Gasteiger partial charge in [0.15, 0.2) is 0 Å². The topological polar surface area (TPSA) is 76.5 Å². The van der Waals surface area contributed by atoms with E-state index < -0.39 is 0 Å². The lowest BCUT2D eigenvalue weighted by Gasteiger charge is -2.35. The summed E-state index contributed by atoms with van der Waals surface area (Å²) in [5, 5.41) is 3.64. The molecule has 0 spiro atoms. The van der Waals surface area contributed by atoms with Crippen molar-refractivity contribution in [2.75, 3.05) is 32.8 Å². The molecule has 0 radical (unpaired) electrons. The Morgan fingerprint density at radius 3 is 2.71 bits per heavy atom. The third-order valence-corrected chi connectivity index (χ3v) is 6.58. The van der Waals surface area contributed by atoms with Crippen LogP contribution in [0.2, 0.25) is 0 Å². The van der Waals surface area contributed by atoms with E-state index in [0.717, 1.165) is 31.5 Å². The van der Waals surface area contributed by atoms with Crippen LogP contribution in [0, 0.1) is 5.82 Å². The quantitative estimate of drug-likeness (QED) is 0.555. The number of aromatic nitrogens is 2. The first-order chi connectivity index (χ1) is 16.6. The maximum absolute atomic E-state index is 13.9. The average molecular weight is 465 g/mol. The number of nitrogens with one attached hydrogen (secondary N) is 1. The molecule has 0 bridgehead atoms. The largest absolute Gasteiger partial charge is 0.379 e. The van der Waals surface area contributed by atoms with Gasteiger partial charge < -0.3 is 10.1 Å². The van der Waals surface area contributed by atoms with E-state index in [1.54, 1.807) is 16.7 Å². The van der Waals surface area contributed by atoms with Crippen LogP contribution in [0.15, 0.2) is 53.3 Å². The second kappa shape index (κ2) is 10.0. The molecule has 1 aliphatic heterocycles. The van der Waals surface area contributed by atoms with E-state index in [-0.39, 0.29) is 35.8 Å². The summed E-state index contributed by atoms with van der Waals surface area (Å²) in [6, 6.07) is 13.9. The average Bonchev–Trinajstić information content (AvgIpc) is 3.69. The van der Waals surface area contributed by atoms with Crippen LogP contribution in [0.5, 0.6) is 0 Å². The van der Waals surface area contributed by atoms with Crippen molar-refractivity contribution >= 4 is 16.8 Å². The molecule has 178 valence electrons. The Balaban J connectivity index is 1.28. The Bertz CT molecular complexity index is 1230. The van der Waals surface area contributed by atoms with Gasteiger partial charge in [-0.3, -0.25) is 19.1 Å². The highest BCUT2D eigenvalue weighted by molar-refractivity contribution is 5.78. The third-order valence-electron chi connectivity index (χ3n) is 6.58. The predicted octanol–water partition coefficient (Wildman–Crippen LogP) is 2.99. The minimum absolute atomic E-state index is 0.0259. The molecule has 7 nitrogen and oxygen atoms in total. The van der Waals surface area contributed by atoms with Crippen LogP contribution in [-0.2, 0) is 16.0 Å². The van der Waals surface area contributed by atoms with E-state index in [1.807, 2.05) is 24.3 Å². The molecule has 1 amide bonds. The fraction of sp³-hybridized carbons (Fsp3) is 0.423. The number of fused-ring (bicyclic) bond motifs is 1. The molecule has 1 unspecified atom stereocenters. The van der Waals surface area contributed by atoms with E-state index in [2.05, 4.69) is 10.2 Å². The van der Waals surface area contributed by atoms with Crippen molar-refractivity contribution < 1.29 is 13.9 Å². The fourth-order valence-electron chi connectivity index (χ4n) is 4.66. The number of amides is 1. The van der Waals surface area contributed by atoms with Gasteiger partial charge in [0.2, 0.25) is 5.91 Å². The number of halogens is 1. The van der Waals surface area contributed by atoms with Gasteiger partial charge in [-0.25, -0.2) is 9.37 Å². The smallest absolute Gasteiger partial charge is 0.261 e. The molecule has 1 saturated heterocycles. The number of benzene rings is 2. The summed E-state index contributed by atoms with van der Waals surface area (Å²) in [5.74, 6) is 0.262. The lowest BCUT2D eigenvalue weighted by Crippen LogP contribution is -2.44. The van der Waals surface area contributed by atoms with Crippen LogP contribution >= 0.6 is 0 Å². The Kier molecular flexibility index (Phi) is 6.69. The Morgan fingerprint density at radius 2 is 1.94 bits per heavy atom. The second-order valence-corrected chi connectivity index (χ2v) is 8.97.